The first-order valence-corrected chi connectivity index (χ1v) is 6.92. The summed E-state index contributed by atoms with van der Waals surface area (Å²) in [6.45, 7) is 1.80. The van der Waals surface area contributed by atoms with Crippen molar-refractivity contribution >= 4 is 23.1 Å². The summed E-state index contributed by atoms with van der Waals surface area (Å²) in [5.41, 5.74) is 0.334. The number of hydrogen-bond donors (Lipinski definition) is 2. The molecule has 0 bridgehead atoms. The smallest absolute Gasteiger partial charge is 0.349 e. The highest BCUT2D eigenvalue weighted by Crippen LogP contribution is 2.25. The molecule has 7 heteroatoms. The van der Waals surface area contributed by atoms with Crippen LogP contribution in [-0.2, 0) is 0 Å². The zero-order chi connectivity index (χ0) is 13.4. The SMILES string of the molecule is Cc1nc(NC2CCC(Cl)CC2)cc2n[nH]c(=O)n12. The van der Waals surface area contributed by atoms with Crippen LogP contribution in [0.1, 0.15) is 31.5 Å². The number of fused-ring (bicyclic) bond motifs is 1. The molecule has 1 fully saturated rings. The maximum absolute atomic E-state index is 11.5. The van der Waals surface area contributed by atoms with Crippen molar-refractivity contribution < 1.29 is 0 Å². The molecule has 0 radical (unpaired) electrons. The van der Waals surface area contributed by atoms with Gasteiger partial charge in [0.1, 0.15) is 11.6 Å². The first-order valence-electron chi connectivity index (χ1n) is 6.49. The molecule has 0 aliphatic heterocycles. The van der Waals surface area contributed by atoms with E-state index in [2.05, 4.69) is 20.5 Å². The number of nitrogens with one attached hydrogen (secondary N) is 2. The fourth-order valence-electron chi connectivity index (χ4n) is 2.58. The molecule has 0 unspecified atom stereocenters. The first kappa shape index (κ1) is 12.5. The average molecular weight is 282 g/mol. The van der Waals surface area contributed by atoms with E-state index in [-0.39, 0.29) is 5.69 Å². The van der Waals surface area contributed by atoms with Gasteiger partial charge >= 0.3 is 5.69 Å². The number of rotatable bonds is 2. The van der Waals surface area contributed by atoms with Gasteiger partial charge in [0.2, 0.25) is 0 Å². The Morgan fingerprint density at radius 1 is 1.42 bits per heavy atom. The van der Waals surface area contributed by atoms with Crippen LogP contribution in [0.25, 0.3) is 5.65 Å². The maximum Gasteiger partial charge on any atom is 0.349 e. The lowest BCUT2D eigenvalue weighted by Crippen LogP contribution is -2.27. The van der Waals surface area contributed by atoms with Crippen molar-refractivity contribution in [1.82, 2.24) is 19.6 Å². The molecule has 1 saturated carbocycles. The van der Waals surface area contributed by atoms with Crippen molar-refractivity contribution in [3.05, 3.63) is 22.4 Å². The number of anilines is 1. The summed E-state index contributed by atoms with van der Waals surface area (Å²) < 4.78 is 1.46. The third-order valence-corrected chi connectivity index (χ3v) is 4.02. The van der Waals surface area contributed by atoms with Crippen LogP contribution in [0.3, 0.4) is 0 Å². The molecule has 102 valence electrons. The molecule has 0 atom stereocenters. The highest BCUT2D eigenvalue weighted by Gasteiger charge is 2.20. The maximum atomic E-state index is 11.5. The summed E-state index contributed by atoms with van der Waals surface area (Å²) in [4.78, 5) is 15.9. The van der Waals surface area contributed by atoms with Gasteiger partial charge in [0.15, 0.2) is 5.65 Å². The minimum atomic E-state index is -0.255. The van der Waals surface area contributed by atoms with Crippen LogP contribution in [0.4, 0.5) is 5.82 Å². The summed E-state index contributed by atoms with van der Waals surface area (Å²) >= 11 is 6.10. The van der Waals surface area contributed by atoms with Gasteiger partial charge in [0.25, 0.3) is 0 Å². The summed E-state index contributed by atoms with van der Waals surface area (Å²) in [6.07, 6.45) is 4.16. The molecule has 1 aliphatic rings. The fourth-order valence-corrected chi connectivity index (χ4v) is 2.83. The van der Waals surface area contributed by atoms with Gasteiger partial charge in [-0.3, -0.25) is 0 Å². The highest BCUT2D eigenvalue weighted by atomic mass is 35.5. The Morgan fingerprint density at radius 2 is 2.16 bits per heavy atom. The Labute approximate surface area is 115 Å². The van der Waals surface area contributed by atoms with Crippen molar-refractivity contribution in [3.8, 4) is 0 Å². The van der Waals surface area contributed by atoms with E-state index in [1.165, 1.54) is 4.40 Å². The number of halogens is 1. The fraction of sp³-hybridized carbons (Fsp3) is 0.583. The Kier molecular flexibility index (Phi) is 3.18. The molecule has 0 spiro atoms. The van der Waals surface area contributed by atoms with E-state index in [1.807, 2.05) is 0 Å². The third kappa shape index (κ3) is 2.45. The van der Waals surface area contributed by atoms with Crippen LogP contribution in [0.2, 0.25) is 0 Å². The van der Waals surface area contributed by atoms with Crippen molar-refractivity contribution in [1.29, 1.82) is 0 Å². The number of alkyl halides is 1. The van der Waals surface area contributed by atoms with E-state index >= 15 is 0 Å². The number of aryl methyl sites for hydroxylation is 1. The van der Waals surface area contributed by atoms with E-state index in [0.717, 1.165) is 31.5 Å². The molecule has 0 aromatic carbocycles. The van der Waals surface area contributed by atoms with E-state index in [1.54, 1.807) is 13.0 Å². The molecule has 2 heterocycles. The van der Waals surface area contributed by atoms with Gasteiger partial charge in [-0.2, -0.15) is 5.10 Å². The standard InChI is InChI=1S/C12H16ClN5O/c1-7-14-10(6-11-16-17-12(19)18(7)11)15-9-4-2-8(13)3-5-9/h6,8-9,15H,2-5H2,1H3,(H,17,19). The predicted molar refractivity (Wildman–Crippen MR) is 73.9 cm³/mol. The van der Waals surface area contributed by atoms with Crippen LogP contribution in [0, 0.1) is 6.92 Å². The Balaban J connectivity index is 1.83. The Hall–Kier alpha value is -1.56. The molecule has 2 N–H and O–H groups in total. The van der Waals surface area contributed by atoms with E-state index < -0.39 is 0 Å². The number of nitrogens with zero attached hydrogens (tertiary/aromatic N) is 3. The molecule has 0 amide bonds. The van der Waals surface area contributed by atoms with Crippen LogP contribution in [-0.4, -0.2) is 31.0 Å². The van der Waals surface area contributed by atoms with Gasteiger partial charge < -0.3 is 5.32 Å². The highest BCUT2D eigenvalue weighted by molar-refractivity contribution is 6.20. The van der Waals surface area contributed by atoms with Gasteiger partial charge in [-0.25, -0.2) is 19.3 Å². The number of aromatic nitrogens is 4. The van der Waals surface area contributed by atoms with Gasteiger partial charge in [0.05, 0.1) is 0 Å². The minimum Gasteiger partial charge on any atom is -0.367 e. The van der Waals surface area contributed by atoms with Crippen LogP contribution in [0.15, 0.2) is 10.9 Å². The molecular formula is C12H16ClN5O. The summed E-state index contributed by atoms with van der Waals surface area (Å²) in [7, 11) is 0. The second-order valence-electron chi connectivity index (χ2n) is 5.00. The van der Waals surface area contributed by atoms with Crippen molar-refractivity contribution in [2.45, 2.75) is 44.0 Å². The molecule has 2 aromatic rings. The predicted octanol–water partition coefficient (Wildman–Crippen LogP) is 1.69. The average Bonchev–Trinajstić information content (AvgIpc) is 2.74. The number of H-pyrrole nitrogens is 1. The molecule has 2 aromatic heterocycles. The van der Waals surface area contributed by atoms with Crippen LogP contribution >= 0.6 is 11.6 Å². The van der Waals surface area contributed by atoms with Gasteiger partial charge in [-0.1, -0.05) is 0 Å². The lowest BCUT2D eigenvalue weighted by Gasteiger charge is -2.26. The minimum absolute atomic E-state index is 0.255. The van der Waals surface area contributed by atoms with Crippen molar-refractivity contribution in [2.24, 2.45) is 0 Å². The first-order chi connectivity index (χ1) is 9.13. The zero-order valence-corrected chi connectivity index (χ0v) is 11.4. The Bertz CT molecular complexity index is 641. The summed E-state index contributed by atoms with van der Waals surface area (Å²) in [6, 6.07) is 2.19. The van der Waals surface area contributed by atoms with Crippen molar-refractivity contribution in [2.75, 3.05) is 5.32 Å². The lowest BCUT2D eigenvalue weighted by molar-refractivity contribution is 0.467. The quantitative estimate of drug-likeness (QED) is 0.822. The van der Waals surface area contributed by atoms with Gasteiger partial charge in [0, 0.05) is 17.5 Å². The van der Waals surface area contributed by atoms with E-state index in [9.17, 15) is 4.79 Å². The van der Waals surface area contributed by atoms with E-state index in [0.29, 0.717) is 22.9 Å². The van der Waals surface area contributed by atoms with Gasteiger partial charge in [-0.05, 0) is 32.6 Å². The Morgan fingerprint density at radius 3 is 2.89 bits per heavy atom. The lowest BCUT2D eigenvalue weighted by atomic mass is 9.95. The molecule has 3 rings (SSSR count). The second kappa shape index (κ2) is 4.85. The van der Waals surface area contributed by atoms with Crippen molar-refractivity contribution in [3.63, 3.8) is 0 Å². The van der Waals surface area contributed by atoms with Crippen LogP contribution < -0.4 is 11.0 Å². The summed E-state index contributed by atoms with van der Waals surface area (Å²) in [5.74, 6) is 1.40. The third-order valence-electron chi connectivity index (χ3n) is 3.58. The molecule has 1 aliphatic carbocycles. The topological polar surface area (TPSA) is 75.1 Å². The summed E-state index contributed by atoms with van der Waals surface area (Å²) in [5, 5.41) is 10.1. The molecule has 19 heavy (non-hydrogen) atoms. The second-order valence-corrected chi connectivity index (χ2v) is 5.62. The van der Waals surface area contributed by atoms with Gasteiger partial charge in [-0.15, -0.1) is 11.6 Å². The largest absolute Gasteiger partial charge is 0.367 e. The normalized spacial score (nSPS) is 23.7. The van der Waals surface area contributed by atoms with Crippen LogP contribution in [0.5, 0.6) is 0 Å². The molecule has 6 nitrogen and oxygen atoms in total. The number of aromatic amines is 1. The molecular weight excluding hydrogens is 266 g/mol. The molecule has 0 saturated heterocycles. The number of hydrogen-bond acceptors (Lipinski definition) is 4. The zero-order valence-electron chi connectivity index (χ0n) is 10.7. The monoisotopic (exact) mass is 281 g/mol. The van der Waals surface area contributed by atoms with E-state index in [4.69, 9.17) is 11.6 Å².